The summed E-state index contributed by atoms with van der Waals surface area (Å²) >= 11 is 0. The van der Waals surface area contributed by atoms with Crippen molar-refractivity contribution in [3.8, 4) is 5.75 Å². The molecule has 2 aromatic heterocycles. The molecule has 124 valence electrons. The van der Waals surface area contributed by atoms with Crippen molar-refractivity contribution in [3.63, 3.8) is 0 Å². The number of nitrogens with one attached hydrogen (secondary N) is 1. The van der Waals surface area contributed by atoms with Crippen LogP contribution in [0.25, 0.3) is 0 Å². The van der Waals surface area contributed by atoms with Gasteiger partial charge in [-0.15, -0.1) is 0 Å². The van der Waals surface area contributed by atoms with E-state index in [2.05, 4.69) is 15.5 Å². The molecule has 2 atom stereocenters. The fraction of sp³-hybridized carbons (Fsp3) is 0.562. The molecular weight excluding hydrogens is 294 g/mol. The number of ether oxygens (including phenoxy) is 1. The highest BCUT2D eigenvalue weighted by atomic mass is 16.5. The molecule has 0 radical (unpaired) electrons. The van der Waals surface area contributed by atoms with Gasteiger partial charge in [-0.1, -0.05) is 0 Å². The number of hydrogen-bond acceptors (Lipinski definition) is 4. The summed E-state index contributed by atoms with van der Waals surface area (Å²) in [6.07, 6.45) is 8.77. The van der Waals surface area contributed by atoms with Gasteiger partial charge in [-0.2, -0.15) is 10.2 Å². The van der Waals surface area contributed by atoms with Crippen molar-refractivity contribution in [2.75, 3.05) is 0 Å². The first-order valence-corrected chi connectivity index (χ1v) is 7.95. The summed E-state index contributed by atoms with van der Waals surface area (Å²) in [5.74, 6) is 0.773. The number of rotatable bonds is 5. The molecule has 2 aromatic rings. The molecule has 0 spiro atoms. The number of amides is 1. The minimum Gasteiger partial charge on any atom is -0.485 e. The third-order valence-electron chi connectivity index (χ3n) is 4.23. The fourth-order valence-electron chi connectivity index (χ4n) is 3.12. The summed E-state index contributed by atoms with van der Waals surface area (Å²) in [6.45, 7) is 1.92. The Labute approximate surface area is 135 Å². The van der Waals surface area contributed by atoms with Gasteiger partial charge in [0.2, 0.25) is 5.91 Å². The largest absolute Gasteiger partial charge is 0.485 e. The van der Waals surface area contributed by atoms with E-state index < -0.39 is 0 Å². The smallest absolute Gasteiger partial charge is 0.224 e. The second-order valence-corrected chi connectivity index (χ2v) is 6.20. The lowest BCUT2D eigenvalue weighted by Gasteiger charge is -2.21. The molecule has 0 bridgehead atoms. The summed E-state index contributed by atoms with van der Waals surface area (Å²) < 4.78 is 9.42. The lowest BCUT2D eigenvalue weighted by molar-refractivity contribution is -0.121. The molecule has 0 aliphatic heterocycles. The van der Waals surface area contributed by atoms with Crippen LogP contribution in [0.3, 0.4) is 0 Å². The van der Waals surface area contributed by atoms with Crippen LogP contribution in [0, 0.1) is 6.92 Å². The summed E-state index contributed by atoms with van der Waals surface area (Å²) in [7, 11) is 3.72. The second kappa shape index (κ2) is 6.44. The van der Waals surface area contributed by atoms with E-state index in [4.69, 9.17) is 4.74 Å². The van der Waals surface area contributed by atoms with Crippen molar-refractivity contribution in [1.29, 1.82) is 0 Å². The molecule has 1 N–H and O–H groups in total. The Hall–Kier alpha value is -2.31. The summed E-state index contributed by atoms with van der Waals surface area (Å²) in [6, 6.07) is 0.0553. The lowest BCUT2D eigenvalue weighted by Crippen LogP contribution is -2.43. The third kappa shape index (κ3) is 3.72. The maximum absolute atomic E-state index is 12.3. The van der Waals surface area contributed by atoms with E-state index in [-0.39, 0.29) is 18.1 Å². The van der Waals surface area contributed by atoms with Crippen LogP contribution in [0.1, 0.15) is 30.5 Å². The Bertz CT molecular complexity index is 690. The van der Waals surface area contributed by atoms with Crippen molar-refractivity contribution < 1.29 is 9.53 Å². The zero-order valence-electron chi connectivity index (χ0n) is 13.8. The van der Waals surface area contributed by atoms with Crippen LogP contribution in [0.2, 0.25) is 0 Å². The van der Waals surface area contributed by atoms with Crippen molar-refractivity contribution >= 4 is 5.91 Å². The van der Waals surface area contributed by atoms with E-state index in [0.717, 1.165) is 36.3 Å². The van der Waals surface area contributed by atoms with Crippen LogP contribution in [0.4, 0.5) is 0 Å². The molecule has 7 nitrogen and oxygen atoms in total. The highest BCUT2D eigenvalue weighted by Gasteiger charge is 2.30. The molecule has 3 rings (SSSR count). The lowest BCUT2D eigenvalue weighted by atomic mass is 10.1. The molecule has 23 heavy (non-hydrogen) atoms. The van der Waals surface area contributed by atoms with Crippen LogP contribution in [-0.2, 0) is 25.3 Å². The number of nitrogens with zero attached hydrogens (tertiary/aromatic N) is 4. The van der Waals surface area contributed by atoms with E-state index in [1.54, 1.807) is 15.6 Å². The molecular formula is C16H23N5O2. The zero-order chi connectivity index (χ0) is 16.4. The van der Waals surface area contributed by atoms with Gasteiger partial charge >= 0.3 is 0 Å². The Kier molecular flexibility index (Phi) is 4.36. The summed E-state index contributed by atoms with van der Waals surface area (Å²) in [4.78, 5) is 12.3. The van der Waals surface area contributed by atoms with Gasteiger partial charge < -0.3 is 10.1 Å². The van der Waals surface area contributed by atoms with Gasteiger partial charge in [0.05, 0.1) is 30.6 Å². The van der Waals surface area contributed by atoms with Crippen molar-refractivity contribution in [2.45, 2.75) is 44.8 Å². The summed E-state index contributed by atoms with van der Waals surface area (Å²) in [5, 5.41) is 11.5. The topological polar surface area (TPSA) is 74.0 Å². The Balaban J connectivity index is 1.57. The predicted octanol–water partition coefficient (Wildman–Crippen LogP) is 1.12. The number of hydrogen-bond donors (Lipinski definition) is 1. The van der Waals surface area contributed by atoms with Crippen molar-refractivity contribution in [1.82, 2.24) is 24.9 Å². The molecule has 1 amide bonds. The third-order valence-corrected chi connectivity index (χ3v) is 4.23. The number of aromatic nitrogens is 4. The minimum atomic E-state index is 0.0122. The number of carbonyl (C=O) groups excluding carboxylic acids is 1. The van der Waals surface area contributed by atoms with Crippen LogP contribution in [0.5, 0.6) is 5.75 Å². The second-order valence-electron chi connectivity index (χ2n) is 6.20. The molecule has 1 saturated carbocycles. The molecule has 0 saturated heterocycles. The van der Waals surface area contributed by atoms with Gasteiger partial charge in [-0.3, -0.25) is 14.2 Å². The highest BCUT2D eigenvalue weighted by Crippen LogP contribution is 2.24. The Morgan fingerprint density at radius 3 is 2.83 bits per heavy atom. The van der Waals surface area contributed by atoms with E-state index in [9.17, 15) is 4.79 Å². The van der Waals surface area contributed by atoms with Gasteiger partial charge in [0.1, 0.15) is 6.10 Å². The average Bonchev–Trinajstić information content (AvgIpc) is 3.15. The normalized spacial score (nSPS) is 20.7. The molecule has 1 aliphatic rings. The predicted molar refractivity (Wildman–Crippen MR) is 85.1 cm³/mol. The monoisotopic (exact) mass is 317 g/mol. The van der Waals surface area contributed by atoms with Crippen LogP contribution in [0.15, 0.2) is 18.6 Å². The van der Waals surface area contributed by atoms with Gasteiger partial charge in [0.25, 0.3) is 0 Å². The van der Waals surface area contributed by atoms with E-state index in [0.29, 0.717) is 6.42 Å². The van der Waals surface area contributed by atoms with E-state index >= 15 is 0 Å². The standard InChI is InChI=1S/C16H23N5O2/c1-11-12(9-21(3)19-11)7-16(22)18-14-5-4-6-15(14)23-13-8-17-20(2)10-13/h8-10,14-15H,4-7H2,1-3H3,(H,18,22)/t14-,15+/m0/s1. The Morgan fingerprint density at radius 1 is 1.35 bits per heavy atom. The van der Waals surface area contributed by atoms with Crippen molar-refractivity contribution in [3.05, 3.63) is 29.8 Å². The van der Waals surface area contributed by atoms with Gasteiger partial charge in [-0.25, -0.2) is 0 Å². The SMILES string of the molecule is Cc1nn(C)cc1CC(=O)N[C@H]1CCC[C@H]1Oc1cnn(C)c1. The molecule has 1 aliphatic carbocycles. The molecule has 0 unspecified atom stereocenters. The van der Waals surface area contributed by atoms with E-state index in [1.165, 1.54) is 0 Å². The van der Waals surface area contributed by atoms with Crippen LogP contribution < -0.4 is 10.1 Å². The Morgan fingerprint density at radius 2 is 2.17 bits per heavy atom. The quantitative estimate of drug-likeness (QED) is 0.897. The van der Waals surface area contributed by atoms with E-state index in [1.807, 2.05) is 33.4 Å². The van der Waals surface area contributed by atoms with Gasteiger partial charge in [0.15, 0.2) is 5.75 Å². The first-order valence-electron chi connectivity index (χ1n) is 7.95. The molecule has 0 aromatic carbocycles. The van der Waals surface area contributed by atoms with Gasteiger partial charge in [0, 0.05) is 25.9 Å². The first kappa shape index (κ1) is 15.6. The molecule has 1 fully saturated rings. The average molecular weight is 317 g/mol. The van der Waals surface area contributed by atoms with Gasteiger partial charge in [-0.05, 0) is 26.2 Å². The van der Waals surface area contributed by atoms with Crippen LogP contribution >= 0.6 is 0 Å². The van der Waals surface area contributed by atoms with Crippen molar-refractivity contribution in [2.24, 2.45) is 14.1 Å². The fourth-order valence-corrected chi connectivity index (χ4v) is 3.12. The number of aryl methyl sites for hydroxylation is 3. The molecule has 7 heteroatoms. The first-order chi connectivity index (χ1) is 11.0. The zero-order valence-corrected chi connectivity index (χ0v) is 13.8. The minimum absolute atomic E-state index is 0.0122. The highest BCUT2D eigenvalue weighted by molar-refractivity contribution is 5.79. The summed E-state index contributed by atoms with van der Waals surface area (Å²) in [5.41, 5.74) is 1.87. The van der Waals surface area contributed by atoms with Crippen LogP contribution in [-0.4, -0.2) is 37.6 Å². The number of carbonyl (C=O) groups is 1. The molecule has 2 heterocycles. The maximum Gasteiger partial charge on any atom is 0.224 e. The maximum atomic E-state index is 12.3.